The summed E-state index contributed by atoms with van der Waals surface area (Å²) in [5, 5.41) is 9.24. The molecule has 1 aromatic rings. The van der Waals surface area contributed by atoms with Crippen molar-refractivity contribution >= 4 is 5.69 Å². The first kappa shape index (κ1) is 10.7. The van der Waals surface area contributed by atoms with Gasteiger partial charge in [-0.25, -0.2) is 0 Å². The van der Waals surface area contributed by atoms with Gasteiger partial charge in [0, 0.05) is 31.5 Å². The first-order chi connectivity index (χ1) is 8.36. The van der Waals surface area contributed by atoms with E-state index in [0.29, 0.717) is 12.7 Å². The maximum Gasteiger partial charge on any atom is 0.231 e. The fourth-order valence-electron chi connectivity index (χ4n) is 2.53. The highest BCUT2D eigenvalue weighted by atomic mass is 16.7. The summed E-state index contributed by atoms with van der Waals surface area (Å²) >= 11 is 0. The van der Waals surface area contributed by atoms with E-state index in [-0.39, 0.29) is 6.61 Å². The van der Waals surface area contributed by atoms with Crippen molar-refractivity contribution in [2.24, 2.45) is 5.92 Å². The number of nitrogens with zero attached hydrogens (tertiary/aromatic N) is 1. The van der Waals surface area contributed by atoms with Crippen LogP contribution in [0, 0.1) is 5.92 Å². The highest BCUT2D eigenvalue weighted by Gasteiger charge is 2.21. The number of aliphatic hydroxyl groups is 1. The van der Waals surface area contributed by atoms with Crippen LogP contribution in [0.3, 0.4) is 0 Å². The number of piperidine rings is 1. The number of rotatable bonds is 2. The van der Waals surface area contributed by atoms with Gasteiger partial charge in [0.1, 0.15) is 0 Å². The van der Waals surface area contributed by atoms with Crippen LogP contribution in [-0.2, 0) is 0 Å². The number of ether oxygens (including phenoxy) is 2. The molecule has 1 saturated heterocycles. The Morgan fingerprint density at radius 3 is 3.06 bits per heavy atom. The third-order valence-corrected chi connectivity index (χ3v) is 3.50. The minimum atomic E-state index is 0.279. The predicted molar refractivity (Wildman–Crippen MR) is 64.6 cm³/mol. The van der Waals surface area contributed by atoms with Crippen molar-refractivity contribution in [1.29, 1.82) is 0 Å². The fourth-order valence-corrected chi connectivity index (χ4v) is 2.53. The molecule has 0 bridgehead atoms. The van der Waals surface area contributed by atoms with Gasteiger partial charge in [-0.15, -0.1) is 0 Å². The van der Waals surface area contributed by atoms with E-state index >= 15 is 0 Å². The molecular formula is C13H17NO3. The monoisotopic (exact) mass is 235 g/mol. The second-order valence-electron chi connectivity index (χ2n) is 4.67. The molecule has 1 fully saturated rings. The largest absolute Gasteiger partial charge is 0.454 e. The summed E-state index contributed by atoms with van der Waals surface area (Å²) < 4.78 is 10.7. The highest BCUT2D eigenvalue weighted by molar-refractivity contribution is 5.57. The molecule has 2 heterocycles. The van der Waals surface area contributed by atoms with E-state index in [1.165, 1.54) is 0 Å². The van der Waals surface area contributed by atoms with E-state index in [9.17, 15) is 5.11 Å². The lowest BCUT2D eigenvalue weighted by Gasteiger charge is -2.33. The van der Waals surface area contributed by atoms with Gasteiger partial charge >= 0.3 is 0 Å². The summed E-state index contributed by atoms with van der Waals surface area (Å²) in [5.74, 6) is 2.05. The molecule has 0 aliphatic carbocycles. The van der Waals surface area contributed by atoms with Crippen LogP contribution in [0.1, 0.15) is 12.8 Å². The van der Waals surface area contributed by atoms with E-state index in [1.807, 2.05) is 12.1 Å². The summed E-state index contributed by atoms with van der Waals surface area (Å²) in [6.45, 7) is 2.57. The van der Waals surface area contributed by atoms with Gasteiger partial charge in [0.2, 0.25) is 6.79 Å². The Morgan fingerprint density at radius 1 is 1.29 bits per heavy atom. The van der Waals surface area contributed by atoms with Gasteiger partial charge in [0.05, 0.1) is 0 Å². The van der Waals surface area contributed by atoms with Crippen LogP contribution in [0.2, 0.25) is 0 Å². The van der Waals surface area contributed by atoms with Crippen molar-refractivity contribution in [2.45, 2.75) is 12.8 Å². The normalized spacial score (nSPS) is 22.9. The van der Waals surface area contributed by atoms with Crippen LogP contribution in [-0.4, -0.2) is 31.6 Å². The van der Waals surface area contributed by atoms with Gasteiger partial charge in [-0.2, -0.15) is 0 Å². The zero-order chi connectivity index (χ0) is 11.7. The van der Waals surface area contributed by atoms with Crippen LogP contribution in [0.25, 0.3) is 0 Å². The maximum absolute atomic E-state index is 9.24. The Kier molecular flexibility index (Phi) is 2.81. The molecule has 2 aliphatic heterocycles. The third-order valence-electron chi connectivity index (χ3n) is 3.50. The van der Waals surface area contributed by atoms with Crippen LogP contribution in [0.15, 0.2) is 18.2 Å². The van der Waals surface area contributed by atoms with Crippen molar-refractivity contribution in [3.05, 3.63) is 18.2 Å². The average molecular weight is 235 g/mol. The summed E-state index contributed by atoms with van der Waals surface area (Å²) in [4.78, 5) is 2.31. The molecule has 1 atom stereocenters. The first-order valence-electron chi connectivity index (χ1n) is 6.12. The number of aliphatic hydroxyl groups excluding tert-OH is 1. The number of hydrogen-bond donors (Lipinski definition) is 1. The van der Waals surface area contributed by atoms with E-state index in [0.717, 1.165) is 43.1 Å². The van der Waals surface area contributed by atoms with Crippen LogP contribution >= 0.6 is 0 Å². The van der Waals surface area contributed by atoms with Gasteiger partial charge in [-0.3, -0.25) is 0 Å². The van der Waals surface area contributed by atoms with Crippen molar-refractivity contribution < 1.29 is 14.6 Å². The van der Waals surface area contributed by atoms with E-state index in [1.54, 1.807) is 0 Å². The summed E-state index contributed by atoms with van der Waals surface area (Å²) in [5.41, 5.74) is 1.16. The standard InChI is InChI=1S/C13H17NO3/c15-8-10-2-1-5-14(7-10)11-3-4-12-13(6-11)17-9-16-12/h3-4,6,10,15H,1-2,5,7-9H2. The van der Waals surface area contributed by atoms with Gasteiger partial charge in [-0.1, -0.05) is 0 Å². The molecule has 4 heteroatoms. The Labute approximate surface area is 101 Å². The molecule has 92 valence electrons. The molecular weight excluding hydrogens is 218 g/mol. The smallest absolute Gasteiger partial charge is 0.231 e. The lowest BCUT2D eigenvalue weighted by Crippen LogP contribution is -2.36. The van der Waals surface area contributed by atoms with Gasteiger partial charge in [0.25, 0.3) is 0 Å². The predicted octanol–water partition coefficient (Wildman–Crippen LogP) is 1.62. The Hall–Kier alpha value is -1.42. The minimum absolute atomic E-state index is 0.279. The zero-order valence-corrected chi connectivity index (χ0v) is 9.76. The van der Waals surface area contributed by atoms with Gasteiger partial charge in [0.15, 0.2) is 11.5 Å². The van der Waals surface area contributed by atoms with E-state index in [2.05, 4.69) is 11.0 Å². The second-order valence-corrected chi connectivity index (χ2v) is 4.67. The average Bonchev–Trinajstić information content (AvgIpc) is 2.86. The van der Waals surface area contributed by atoms with Gasteiger partial charge < -0.3 is 19.5 Å². The topological polar surface area (TPSA) is 41.9 Å². The molecule has 3 rings (SSSR count). The Bertz CT molecular complexity index is 408. The Balaban J connectivity index is 1.79. The molecule has 1 N–H and O–H groups in total. The van der Waals surface area contributed by atoms with E-state index in [4.69, 9.17) is 9.47 Å². The molecule has 1 aromatic carbocycles. The number of hydrogen-bond acceptors (Lipinski definition) is 4. The Morgan fingerprint density at radius 2 is 2.18 bits per heavy atom. The van der Waals surface area contributed by atoms with Gasteiger partial charge in [-0.05, 0) is 30.9 Å². The SMILES string of the molecule is OCC1CCCN(c2ccc3c(c2)OCO3)C1. The van der Waals surface area contributed by atoms with Crippen molar-refractivity contribution in [2.75, 3.05) is 31.4 Å². The van der Waals surface area contributed by atoms with Crippen LogP contribution in [0.4, 0.5) is 5.69 Å². The zero-order valence-electron chi connectivity index (χ0n) is 9.76. The summed E-state index contributed by atoms with van der Waals surface area (Å²) in [6.07, 6.45) is 2.26. The molecule has 0 aromatic heterocycles. The molecule has 0 radical (unpaired) electrons. The summed E-state index contributed by atoms with van der Waals surface area (Å²) in [7, 11) is 0. The third kappa shape index (κ3) is 2.05. The number of fused-ring (bicyclic) bond motifs is 1. The summed E-state index contributed by atoms with van der Waals surface area (Å²) in [6, 6.07) is 6.05. The van der Waals surface area contributed by atoms with Crippen LogP contribution in [0.5, 0.6) is 11.5 Å². The quantitative estimate of drug-likeness (QED) is 0.846. The lowest BCUT2D eigenvalue weighted by molar-refractivity contribution is 0.174. The number of anilines is 1. The minimum Gasteiger partial charge on any atom is -0.454 e. The molecule has 0 amide bonds. The second kappa shape index (κ2) is 4.45. The van der Waals surface area contributed by atoms with Crippen molar-refractivity contribution in [1.82, 2.24) is 0 Å². The fraction of sp³-hybridized carbons (Fsp3) is 0.538. The van der Waals surface area contributed by atoms with Crippen LogP contribution < -0.4 is 14.4 Å². The van der Waals surface area contributed by atoms with Crippen molar-refractivity contribution in [3.8, 4) is 11.5 Å². The molecule has 17 heavy (non-hydrogen) atoms. The number of benzene rings is 1. The highest BCUT2D eigenvalue weighted by Crippen LogP contribution is 2.36. The molecule has 0 saturated carbocycles. The lowest BCUT2D eigenvalue weighted by atomic mass is 9.98. The molecule has 1 unspecified atom stereocenters. The maximum atomic E-state index is 9.24. The molecule has 2 aliphatic rings. The van der Waals surface area contributed by atoms with Crippen molar-refractivity contribution in [3.63, 3.8) is 0 Å². The first-order valence-corrected chi connectivity index (χ1v) is 6.12. The molecule has 4 nitrogen and oxygen atoms in total. The van der Waals surface area contributed by atoms with E-state index < -0.39 is 0 Å². The molecule has 0 spiro atoms.